The third kappa shape index (κ3) is 6.93. The van der Waals surface area contributed by atoms with Crippen LogP contribution in [-0.2, 0) is 0 Å². The molecule has 0 bridgehead atoms. The van der Waals surface area contributed by atoms with Gasteiger partial charge < -0.3 is 0 Å². The van der Waals surface area contributed by atoms with E-state index in [1.165, 1.54) is 34.3 Å². The van der Waals surface area contributed by atoms with Crippen molar-refractivity contribution < 1.29 is 0 Å². The van der Waals surface area contributed by atoms with E-state index >= 15 is 0 Å². The second-order valence-electron chi connectivity index (χ2n) is 10.00. The Morgan fingerprint density at radius 1 is 0.488 bits per heavy atom. The zero-order valence-corrected chi connectivity index (χ0v) is 24.2. The molecule has 0 amide bonds. The first kappa shape index (κ1) is 27.9. The molecular weight excluding hydrogens is 498 g/mol. The summed E-state index contributed by atoms with van der Waals surface area (Å²) in [5.74, 6) is 2.05. The molecule has 0 spiro atoms. The van der Waals surface area contributed by atoms with Gasteiger partial charge in [-0.1, -0.05) is 141 Å². The number of allylic oxidation sites excluding steroid dienone is 10. The number of hydrogen-bond donors (Lipinski definition) is 0. The van der Waals surface area contributed by atoms with Gasteiger partial charge in [0.05, 0.1) is 0 Å². The molecule has 0 N–H and O–H groups in total. The van der Waals surface area contributed by atoms with Crippen molar-refractivity contribution in [3.05, 3.63) is 144 Å². The van der Waals surface area contributed by atoms with E-state index in [1.54, 1.807) is 0 Å². The lowest BCUT2D eigenvalue weighted by molar-refractivity contribution is 0.876. The molecule has 0 saturated carbocycles. The first-order valence-electron chi connectivity index (χ1n) is 14.7. The summed E-state index contributed by atoms with van der Waals surface area (Å²) in [5, 5.41) is 0. The Morgan fingerprint density at radius 3 is 1.73 bits per heavy atom. The number of benzene rings is 3. The highest BCUT2D eigenvalue weighted by Gasteiger charge is 2.14. The Balaban J connectivity index is 0.00000165. The third-order valence-electron chi connectivity index (χ3n) is 7.14. The summed E-state index contributed by atoms with van der Waals surface area (Å²) in [4.78, 5) is 14.8. The largest absolute Gasteiger partial charge is 0.208 e. The maximum absolute atomic E-state index is 4.97. The summed E-state index contributed by atoms with van der Waals surface area (Å²) in [6.45, 7) is 6.09. The lowest BCUT2D eigenvalue weighted by atomic mass is 10.0. The van der Waals surface area contributed by atoms with Crippen LogP contribution in [0.25, 0.3) is 39.5 Å². The van der Waals surface area contributed by atoms with Crippen LogP contribution >= 0.6 is 0 Å². The van der Waals surface area contributed by atoms with E-state index in [2.05, 4.69) is 122 Å². The molecule has 0 fully saturated rings. The average molecular weight is 536 g/mol. The quantitative estimate of drug-likeness (QED) is 0.255. The van der Waals surface area contributed by atoms with Crippen molar-refractivity contribution in [3.63, 3.8) is 0 Å². The lowest BCUT2D eigenvalue weighted by Gasteiger charge is -2.10. The Labute approximate surface area is 244 Å². The Bertz CT molecular complexity index is 1620. The summed E-state index contributed by atoms with van der Waals surface area (Å²) in [5.41, 5.74) is 9.09. The molecule has 204 valence electrons. The number of aromatic nitrogens is 3. The molecule has 6 rings (SSSR count). The van der Waals surface area contributed by atoms with E-state index in [-0.39, 0.29) is 0 Å². The Hall–Kier alpha value is -4.63. The topological polar surface area (TPSA) is 38.7 Å². The van der Waals surface area contributed by atoms with Gasteiger partial charge >= 0.3 is 0 Å². The summed E-state index contributed by atoms with van der Waals surface area (Å²) in [6, 6.07) is 27.4. The molecule has 3 nitrogen and oxygen atoms in total. The van der Waals surface area contributed by atoms with Crippen LogP contribution < -0.4 is 0 Å². The molecule has 0 aliphatic heterocycles. The Morgan fingerprint density at radius 2 is 1.02 bits per heavy atom. The third-order valence-corrected chi connectivity index (χ3v) is 7.14. The first-order chi connectivity index (χ1) is 20.2. The first-order valence-corrected chi connectivity index (χ1v) is 14.7. The summed E-state index contributed by atoms with van der Waals surface area (Å²) >= 11 is 0. The van der Waals surface area contributed by atoms with Crippen LogP contribution in [0.3, 0.4) is 0 Å². The zero-order valence-electron chi connectivity index (χ0n) is 24.2. The second kappa shape index (κ2) is 13.6. The maximum atomic E-state index is 4.97. The van der Waals surface area contributed by atoms with Crippen molar-refractivity contribution in [1.82, 2.24) is 15.0 Å². The number of nitrogens with zero attached hydrogens (tertiary/aromatic N) is 3. The van der Waals surface area contributed by atoms with E-state index < -0.39 is 0 Å². The van der Waals surface area contributed by atoms with Crippen molar-refractivity contribution in [2.45, 2.75) is 46.5 Å². The fourth-order valence-corrected chi connectivity index (χ4v) is 4.90. The maximum Gasteiger partial charge on any atom is 0.164 e. The van der Waals surface area contributed by atoms with Crippen LogP contribution in [0.5, 0.6) is 0 Å². The molecule has 4 aromatic rings. The average Bonchev–Trinajstić information content (AvgIpc) is 3.47. The van der Waals surface area contributed by atoms with E-state index in [1.807, 2.05) is 19.9 Å². The van der Waals surface area contributed by atoms with Crippen molar-refractivity contribution in [1.29, 1.82) is 0 Å². The van der Waals surface area contributed by atoms with E-state index in [4.69, 9.17) is 15.0 Å². The smallest absolute Gasteiger partial charge is 0.164 e. The lowest BCUT2D eigenvalue weighted by Crippen LogP contribution is -2.02. The Kier molecular flexibility index (Phi) is 9.28. The minimum absolute atomic E-state index is 0.683. The van der Waals surface area contributed by atoms with Crippen LogP contribution in [0, 0.1) is 6.92 Å². The number of hydrogen-bond acceptors (Lipinski definition) is 3. The van der Waals surface area contributed by atoms with Crippen LogP contribution in [-0.4, -0.2) is 15.0 Å². The molecule has 41 heavy (non-hydrogen) atoms. The normalized spacial score (nSPS) is 14.6. The number of rotatable bonds is 5. The molecule has 2 aliphatic rings. The summed E-state index contributed by atoms with van der Waals surface area (Å²) < 4.78 is 0. The van der Waals surface area contributed by atoms with Crippen LogP contribution in [0.15, 0.2) is 121 Å². The summed E-state index contributed by atoms with van der Waals surface area (Å²) in [7, 11) is 0. The van der Waals surface area contributed by atoms with E-state index in [0.717, 1.165) is 36.0 Å². The predicted molar refractivity (Wildman–Crippen MR) is 174 cm³/mol. The zero-order chi connectivity index (χ0) is 28.4. The second-order valence-corrected chi connectivity index (χ2v) is 10.00. The van der Waals surface area contributed by atoms with Gasteiger partial charge in [0.15, 0.2) is 17.5 Å². The minimum Gasteiger partial charge on any atom is -0.208 e. The van der Waals surface area contributed by atoms with Crippen LogP contribution in [0.4, 0.5) is 0 Å². The molecule has 0 saturated heterocycles. The highest BCUT2D eigenvalue weighted by atomic mass is 15.0. The van der Waals surface area contributed by atoms with Crippen molar-refractivity contribution in [2.75, 3.05) is 0 Å². The van der Waals surface area contributed by atoms with Gasteiger partial charge in [0.25, 0.3) is 0 Å². The highest BCUT2D eigenvalue weighted by molar-refractivity contribution is 5.82. The fraction of sp³-hybridized carbons (Fsp3) is 0.184. The highest BCUT2D eigenvalue weighted by Crippen LogP contribution is 2.28. The molecule has 3 aromatic carbocycles. The van der Waals surface area contributed by atoms with Gasteiger partial charge in [-0.25, -0.2) is 15.0 Å². The molecule has 1 heterocycles. The van der Waals surface area contributed by atoms with Crippen molar-refractivity contribution >= 4 is 16.7 Å². The van der Waals surface area contributed by atoms with Gasteiger partial charge in [0, 0.05) is 16.7 Å². The van der Waals surface area contributed by atoms with E-state index in [9.17, 15) is 0 Å². The summed E-state index contributed by atoms with van der Waals surface area (Å²) in [6.07, 6.45) is 19.8. The van der Waals surface area contributed by atoms with Crippen molar-refractivity contribution in [2.24, 2.45) is 0 Å². The van der Waals surface area contributed by atoms with Gasteiger partial charge in [0.1, 0.15) is 0 Å². The minimum atomic E-state index is 0.683. The van der Waals surface area contributed by atoms with Crippen LogP contribution in [0.2, 0.25) is 0 Å². The van der Waals surface area contributed by atoms with Gasteiger partial charge in [-0.3, -0.25) is 0 Å². The van der Waals surface area contributed by atoms with Crippen molar-refractivity contribution in [3.8, 4) is 22.8 Å². The van der Waals surface area contributed by atoms with Gasteiger partial charge in [0.2, 0.25) is 0 Å². The molecule has 1 aromatic heterocycles. The molecular formula is C38H37N3. The van der Waals surface area contributed by atoms with Gasteiger partial charge in [-0.15, -0.1) is 0 Å². The molecule has 0 unspecified atom stereocenters. The molecule has 2 aliphatic carbocycles. The standard InChI is InChI=1S/C36H31N3.C2H6/c1-26-16-18-32(19-17-26)35-37-34(31-15-9-14-29(20-23-31)27-12-7-4-8-13-27)38-36(39-35)33-24-21-30(22-25-33)28-10-5-2-3-6-11-28;1-2/h4-5,7-8,10-25H,2-3,6,9H2,1H3;1-2H3. The molecule has 3 heteroatoms. The molecule has 0 radical (unpaired) electrons. The SMILES string of the molecule is CC.Cc1ccc(-c2nc(C3=CCC=C(c4ccccc4)C=C3)nc(-c3ccc(C4=CCCCC=C4)cc3)n2)cc1. The predicted octanol–water partition coefficient (Wildman–Crippen LogP) is 10.1. The van der Waals surface area contributed by atoms with Gasteiger partial charge in [-0.2, -0.15) is 0 Å². The fourth-order valence-electron chi connectivity index (χ4n) is 4.90. The van der Waals surface area contributed by atoms with Crippen LogP contribution in [0.1, 0.15) is 62.0 Å². The molecule has 0 atom stereocenters. The van der Waals surface area contributed by atoms with Gasteiger partial charge in [-0.05, 0) is 54.9 Å². The monoisotopic (exact) mass is 535 g/mol. The number of aryl methyl sites for hydroxylation is 1. The van der Waals surface area contributed by atoms with E-state index in [0.29, 0.717) is 17.5 Å².